The molecule has 1 fully saturated rings. The van der Waals surface area contributed by atoms with Gasteiger partial charge in [-0.25, -0.2) is 9.18 Å². The second-order valence-electron chi connectivity index (χ2n) is 11.2. The first-order chi connectivity index (χ1) is 20.5. The van der Waals surface area contributed by atoms with E-state index >= 15 is 0 Å². The first-order valence-electron chi connectivity index (χ1n) is 14.7. The fourth-order valence-electron chi connectivity index (χ4n) is 5.15. The second-order valence-corrected chi connectivity index (χ2v) is 11.2. The fourth-order valence-corrected chi connectivity index (χ4v) is 5.15. The summed E-state index contributed by atoms with van der Waals surface area (Å²) >= 11 is 0. The summed E-state index contributed by atoms with van der Waals surface area (Å²) in [5, 5.41) is 9.33. The smallest absolute Gasteiger partial charge is 0.330 e. The Kier molecular flexibility index (Phi) is 12.3. The van der Waals surface area contributed by atoms with E-state index in [9.17, 15) is 28.4 Å². The highest BCUT2D eigenvalue weighted by molar-refractivity contribution is 5.97. The lowest BCUT2D eigenvalue weighted by molar-refractivity contribution is -0.137. The number of halogens is 1. The number of hydrogen-bond acceptors (Lipinski definition) is 8. The van der Waals surface area contributed by atoms with E-state index in [0.29, 0.717) is 30.6 Å². The average Bonchev–Trinajstić information content (AvgIpc) is 3.58. The van der Waals surface area contributed by atoms with E-state index in [-0.39, 0.29) is 48.5 Å². The van der Waals surface area contributed by atoms with E-state index in [1.165, 1.54) is 30.4 Å². The van der Waals surface area contributed by atoms with Crippen LogP contribution in [0, 0.1) is 30.5 Å². The van der Waals surface area contributed by atoms with Crippen LogP contribution in [-0.2, 0) is 30.3 Å². The van der Waals surface area contributed by atoms with Crippen molar-refractivity contribution in [1.29, 1.82) is 0 Å². The van der Waals surface area contributed by atoms with E-state index in [4.69, 9.17) is 9.26 Å². The standard InChI is InChI=1S/C32H40FN3O7/c1-5-42-29(39)14-13-25(17-22-7-6-8-27(22)37)34-31(40)23(16-21-9-11-24(33)12-10-21)18-28(38)30(19(2)3)35-32(41)26-15-20(4)43-36-26/h9-15,19,22-23,25,30H,5-8,16-18H2,1-4H3,(H,34,40)(H,35,41)/b14-13+/t22?,23-,25+,30-/m0/s1. The SMILES string of the molecule is CCOC(=O)/C=C/[C@H](CC1CCCC1=O)NC(=O)[C@H](CC(=O)[C@@H](NC(=O)c1cc(C)on1)C(C)C)Cc1ccc(F)cc1. The number of benzene rings is 1. The highest BCUT2D eigenvalue weighted by atomic mass is 19.1. The molecule has 10 nitrogen and oxygen atoms in total. The minimum absolute atomic E-state index is 0.0363. The summed E-state index contributed by atoms with van der Waals surface area (Å²) in [5.74, 6) is -3.30. The van der Waals surface area contributed by atoms with Crippen molar-refractivity contribution in [2.45, 2.75) is 78.3 Å². The Morgan fingerprint density at radius 2 is 1.88 bits per heavy atom. The van der Waals surface area contributed by atoms with Gasteiger partial charge >= 0.3 is 5.97 Å². The quantitative estimate of drug-likeness (QED) is 0.231. The van der Waals surface area contributed by atoms with Crippen molar-refractivity contribution in [3.8, 4) is 0 Å². The molecular formula is C32H40FN3O7. The van der Waals surface area contributed by atoms with Crippen LogP contribution in [-0.4, -0.2) is 53.2 Å². The van der Waals surface area contributed by atoms with Gasteiger partial charge in [-0.15, -0.1) is 0 Å². The molecule has 0 saturated heterocycles. The summed E-state index contributed by atoms with van der Waals surface area (Å²) in [6.45, 7) is 7.07. The number of Topliss-reactive ketones (excluding diaryl/α,β-unsaturated/α-hetero) is 2. The summed E-state index contributed by atoms with van der Waals surface area (Å²) in [7, 11) is 0. The van der Waals surface area contributed by atoms with Crippen LogP contribution >= 0.6 is 0 Å². The Labute approximate surface area is 250 Å². The largest absolute Gasteiger partial charge is 0.463 e. The van der Waals surface area contributed by atoms with Gasteiger partial charge in [-0.05, 0) is 63.1 Å². The van der Waals surface area contributed by atoms with E-state index in [2.05, 4.69) is 15.8 Å². The molecule has 2 amide bonds. The van der Waals surface area contributed by atoms with Crippen LogP contribution in [0.2, 0.25) is 0 Å². The van der Waals surface area contributed by atoms with Crippen LogP contribution in [0.15, 0.2) is 47.0 Å². The fraction of sp³-hybridized carbons (Fsp3) is 0.500. The van der Waals surface area contributed by atoms with Gasteiger partial charge in [0.05, 0.1) is 12.6 Å². The third-order valence-electron chi connectivity index (χ3n) is 7.42. The summed E-state index contributed by atoms with van der Waals surface area (Å²) in [6.07, 6.45) is 4.88. The number of nitrogens with one attached hydrogen (secondary N) is 2. The highest BCUT2D eigenvalue weighted by Crippen LogP contribution is 2.26. The van der Waals surface area contributed by atoms with Gasteiger partial charge in [0, 0.05) is 42.9 Å². The predicted octanol–water partition coefficient (Wildman–Crippen LogP) is 4.06. The molecule has 2 N–H and O–H groups in total. The van der Waals surface area contributed by atoms with Gasteiger partial charge in [-0.2, -0.15) is 0 Å². The zero-order valence-electron chi connectivity index (χ0n) is 25.1. The number of carbonyl (C=O) groups is 5. The Bertz CT molecular complexity index is 1320. The van der Waals surface area contributed by atoms with Crippen molar-refractivity contribution in [2.24, 2.45) is 17.8 Å². The molecule has 3 rings (SSSR count). The predicted molar refractivity (Wildman–Crippen MR) is 155 cm³/mol. The number of carbonyl (C=O) groups excluding carboxylic acids is 5. The molecule has 0 aliphatic heterocycles. The molecule has 2 aromatic rings. The highest BCUT2D eigenvalue weighted by Gasteiger charge is 2.32. The van der Waals surface area contributed by atoms with Gasteiger partial charge in [-0.3, -0.25) is 19.2 Å². The second kappa shape index (κ2) is 15.9. The molecule has 4 atom stereocenters. The van der Waals surface area contributed by atoms with Crippen LogP contribution in [0.5, 0.6) is 0 Å². The molecular weight excluding hydrogens is 557 g/mol. The zero-order valence-corrected chi connectivity index (χ0v) is 25.1. The van der Waals surface area contributed by atoms with E-state index < -0.39 is 41.6 Å². The van der Waals surface area contributed by atoms with Crippen molar-refractivity contribution in [2.75, 3.05) is 6.61 Å². The summed E-state index contributed by atoms with van der Waals surface area (Å²) < 4.78 is 23.5. The molecule has 1 saturated carbocycles. The van der Waals surface area contributed by atoms with E-state index in [1.54, 1.807) is 39.8 Å². The molecule has 1 unspecified atom stereocenters. The molecule has 0 bridgehead atoms. The lowest BCUT2D eigenvalue weighted by atomic mass is 9.87. The lowest BCUT2D eigenvalue weighted by Crippen LogP contribution is -2.47. The van der Waals surface area contributed by atoms with Gasteiger partial charge in [-0.1, -0.05) is 37.2 Å². The van der Waals surface area contributed by atoms with Gasteiger partial charge in [0.2, 0.25) is 5.91 Å². The minimum Gasteiger partial charge on any atom is -0.463 e. The maximum atomic E-state index is 13.7. The van der Waals surface area contributed by atoms with Gasteiger partial charge < -0.3 is 19.9 Å². The van der Waals surface area contributed by atoms with Crippen LogP contribution in [0.4, 0.5) is 4.39 Å². The molecule has 1 aromatic heterocycles. The Hall–Kier alpha value is -4.15. The first-order valence-corrected chi connectivity index (χ1v) is 14.7. The number of esters is 1. The summed E-state index contributed by atoms with van der Waals surface area (Å²) in [6, 6.07) is 5.53. The van der Waals surface area contributed by atoms with Crippen LogP contribution in [0.1, 0.15) is 74.7 Å². The molecule has 232 valence electrons. The van der Waals surface area contributed by atoms with Gasteiger partial charge in [0.1, 0.15) is 17.4 Å². The average molecular weight is 598 g/mol. The number of aryl methyl sites for hydroxylation is 1. The number of aromatic nitrogens is 1. The number of rotatable bonds is 15. The molecule has 0 radical (unpaired) electrons. The maximum absolute atomic E-state index is 13.7. The maximum Gasteiger partial charge on any atom is 0.330 e. The molecule has 11 heteroatoms. The third kappa shape index (κ3) is 10.3. The van der Waals surface area contributed by atoms with E-state index in [1.807, 2.05) is 0 Å². The number of ketones is 2. The van der Waals surface area contributed by atoms with Crippen molar-refractivity contribution in [3.05, 3.63) is 65.3 Å². The molecule has 43 heavy (non-hydrogen) atoms. The molecule has 1 aromatic carbocycles. The van der Waals surface area contributed by atoms with E-state index in [0.717, 1.165) is 6.42 Å². The molecule has 1 aliphatic rings. The van der Waals surface area contributed by atoms with Crippen molar-refractivity contribution in [3.63, 3.8) is 0 Å². The normalized spacial score (nSPS) is 17.1. The van der Waals surface area contributed by atoms with Crippen molar-refractivity contribution in [1.82, 2.24) is 15.8 Å². The monoisotopic (exact) mass is 597 g/mol. The number of ether oxygens (including phenoxy) is 1. The third-order valence-corrected chi connectivity index (χ3v) is 7.42. The Morgan fingerprint density at radius 3 is 2.47 bits per heavy atom. The lowest BCUT2D eigenvalue weighted by Gasteiger charge is -2.25. The Balaban J connectivity index is 1.82. The zero-order chi connectivity index (χ0) is 31.5. The summed E-state index contributed by atoms with van der Waals surface area (Å²) in [5.41, 5.74) is 0.677. The van der Waals surface area contributed by atoms with Crippen LogP contribution in [0.25, 0.3) is 0 Å². The van der Waals surface area contributed by atoms with Crippen LogP contribution in [0.3, 0.4) is 0 Å². The number of amides is 2. The topological polar surface area (TPSA) is 145 Å². The molecule has 1 aliphatic carbocycles. The molecule has 1 heterocycles. The van der Waals surface area contributed by atoms with Gasteiger partial charge in [0.15, 0.2) is 11.5 Å². The van der Waals surface area contributed by atoms with Crippen molar-refractivity contribution < 1.29 is 37.6 Å². The van der Waals surface area contributed by atoms with Crippen molar-refractivity contribution >= 4 is 29.4 Å². The summed E-state index contributed by atoms with van der Waals surface area (Å²) in [4.78, 5) is 64.5. The first kappa shape index (κ1) is 33.4. The van der Waals surface area contributed by atoms with Crippen LogP contribution < -0.4 is 10.6 Å². The number of nitrogens with zero attached hydrogens (tertiary/aromatic N) is 1. The Morgan fingerprint density at radius 1 is 1.16 bits per heavy atom. The number of hydrogen-bond donors (Lipinski definition) is 2. The van der Waals surface area contributed by atoms with Gasteiger partial charge in [0.25, 0.3) is 5.91 Å². The minimum atomic E-state index is -0.913. The molecule has 0 spiro atoms.